The summed E-state index contributed by atoms with van der Waals surface area (Å²) in [6, 6.07) is 3.31. The summed E-state index contributed by atoms with van der Waals surface area (Å²) in [5, 5.41) is 3.13. The van der Waals surface area contributed by atoms with E-state index in [1.165, 1.54) is 6.07 Å². The third-order valence-electron chi connectivity index (χ3n) is 3.01. The monoisotopic (exact) mass is 257 g/mol. The number of rotatable bonds is 4. The maximum atomic E-state index is 11.5. The summed E-state index contributed by atoms with van der Waals surface area (Å²) in [7, 11) is 0. The van der Waals surface area contributed by atoms with Crippen molar-refractivity contribution < 1.29 is 0 Å². The molecule has 1 fully saturated rings. The average Bonchev–Trinajstić information content (AvgIpc) is 3.20. The number of aryl methyl sites for hydroxylation is 1. The number of hydrogen-bond donors (Lipinski definition) is 2. The average molecular weight is 257 g/mol. The Hall–Kier alpha value is -2.24. The molecule has 1 saturated carbocycles. The molecule has 0 bridgehead atoms. The van der Waals surface area contributed by atoms with Gasteiger partial charge >= 0.3 is 0 Å². The predicted octanol–water partition coefficient (Wildman–Crippen LogP) is 1.36. The molecule has 2 N–H and O–H groups in total. The highest BCUT2D eigenvalue weighted by atomic mass is 16.1. The molecule has 0 radical (unpaired) electrons. The summed E-state index contributed by atoms with van der Waals surface area (Å²) in [5.74, 6) is 2.54. The van der Waals surface area contributed by atoms with Crippen LogP contribution in [0, 0.1) is 6.92 Å². The van der Waals surface area contributed by atoms with Gasteiger partial charge in [0.05, 0.1) is 12.2 Å². The zero-order valence-corrected chi connectivity index (χ0v) is 10.7. The molecule has 0 aliphatic heterocycles. The molecule has 3 rings (SSSR count). The van der Waals surface area contributed by atoms with E-state index in [2.05, 4.69) is 25.3 Å². The lowest BCUT2D eigenvalue weighted by atomic mass is 10.3. The molecule has 0 amide bonds. The maximum absolute atomic E-state index is 11.5. The Kier molecular flexibility index (Phi) is 2.98. The van der Waals surface area contributed by atoms with E-state index in [0.717, 1.165) is 30.2 Å². The molecular formula is C13H15N5O. The number of anilines is 1. The van der Waals surface area contributed by atoms with Crippen molar-refractivity contribution in [3.8, 4) is 0 Å². The second kappa shape index (κ2) is 4.79. The van der Waals surface area contributed by atoms with Gasteiger partial charge in [-0.05, 0) is 25.8 Å². The van der Waals surface area contributed by atoms with Gasteiger partial charge in [-0.25, -0.2) is 15.0 Å². The molecule has 1 aliphatic rings. The van der Waals surface area contributed by atoms with Gasteiger partial charge in [0.1, 0.15) is 17.5 Å². The third-order valence-corrected chi connectivity index (χ3v) is 3.01. The lowest BCUT2D eigenvalue weighted by Crippen LogP contribution is -2.13. The molecule has 2 aromatic rings. The Morgan fingerprint density at radius 1 is 1.42 bits per heavy atom. The van der Waals surface area contributed by atoms with Gasteiger partial charge in [0, 0.05) is 18.2 Å². The van der Waals surface area contributed by atoms with Crippen LogP contribution in [0.1, 0.15) is 36.1 Å². The standard InChI is InChI=1S/C13H15N5O/c1-8-14-5-4-10(16-8)7-15-11-6-12(19)18-13(17-11)9-2-3-9/h4-6,9H,2-3,7H2,1H3,(H2,15,17,18,19). The molecule has 6 nitrogen and oxygen atoms in total. The molecule has 6 heteroatoms. The van der Waals surface area contributed by atoms with Crippen LogP contribution in [-0.2, 0) is 6.54 Å². The Bertz CT molecular complexity index is 647. The topological polar surface area (TPSA) is 83.6 Å². The number of aromatic amines is 1. The number of aromatic nitrogens is 4. The van der Waals surface area contributed by atoms with Crippen LogP contribution >= 0.6 is 0 Å². The van der Waals surface area contributed by atoms with Crippen LogP contribution in [0.15, 0.2) is 23.1 Å². The summed E-state index contributed by atoms with van der Waals surface area (Å²) in [4.78, 5) is 27.1. The Balaban J connectivity index is 1.74. The molecule has 98 valence electrons. The van der Waals surface area contributed by atoms with E-state index in [-0.39, 0.29) is 5.56 Å². The van der Waals surface area contributed by atoms with Crippen molar-refractivity contribution >= 4 is 5.82 Å². The van der Waals surface area contributed by atoms with Crippen molar-refractivity contribution in [2.24, 2.45) is 0 Å². The third kappa shape index (κ3) is 2.96. The molecule has 2 aromatic heterocycles. The fraction of sp³-hybridized carbons (Fsp3) is 0.385. The van der Waals surface area contributed by atoms with Crippen LogP contribution < -0.4 is 10.9 Å². The van der Waals surface area contributed by atoms with Gasteiger partial charge in [0.15, 0.2) is 0 Å². The number of H-pyrrole nitrogens is 1. The van der Waals surface area contributed by atoms with Gasteiger partial charge in [-0.1, -0.05) is 0 Å². The number of nitrogens with zero attached hydrogens (tertiary/aromatic N) is 3. The van der Waals surface area contributed by atoms with E-state index in [0.29, 0.717) is 18.3 Å². The van der Waals surface area contributed by atoms with E-state index in [1.807, 2.05) is 13.0 Å². The highest BCUT2D eigenvalue weighted by Crippen LogP contribution is 2.37. The summed E-state index contributed by atoms with van der Waals surface area (Å²) < 4.78 is 0. The maximum Gasteiger partial charge on any atom is 0.252 e. The van der Waals surface area contributed by atoms with Crippen LogP contribution in [-0.4, -0.2) is 19.9 Å². The minimum Gasteiger partial charge on any atom is -0.364 e. The zero-order valence-electron chi connectivity index (χ0n) is 10.7. The van der Waals surface area contributed by atoms with Gasteiger partial charge in [0.2, 0.25) is 0 Å². The smallest absolute Gasteiger partial charge is 0.252 e. The van der Waals surface area contributed by atoms with E-state index < -0.39 is 0 Å². The predicted molar refractivity (Wildman–Crippen MR) is 70.9 cm³/mol. The second-order valence-electron chi connectivity index (χ2n) is 4.74. The van der Waals surface area contributed by atoms with Crippen molar-refractivity contribution in [1.82, 2.24) is 19.9 Å². The zero-order chi connectivity index (χ0) is 13.2. The lowest BCUT2D eigenvalue weighted by molar-refractivity contribution is 0.894. The minimum absolute atomic E-state index is 0.113. The molecule has 0 unspecified atom stereocenters. The van der Waals surface area contributed by atoms with Gasteiger partial charge in [0.25, 0.3) is 5.56 Å². The van der Waals surface area contributed by atoms with Crippen molar-refractivity contribution in [3.05, 3.63) is 46.0 Å². The van der Waals surface area contributed by atoms with Crippen molar-refractivity contribution in [1.29, 1.82) is 0 Å². The number of hydrogen-bond acceptors (Lipinski definition) is 5. The van der Waals surface area contributed by atoms with E-state index in [9.17, 15) is 4.79 Å². The molecule has 19 heavy (non-hydrogen) atoms. The van der Waals surface area contributed by atoms with Crippen molar-refractivity contribution in [2.45, 2.75) is 32.2 Å². The fourth-order valence-electron chi connectivity index (χ4n) is 1.90. The molecule has 1 aliphatic carbocycles. The largest absolute Gasteiger partial charge is 0.364 e. The highest BCUT2D eigenvalue weighted by Gasteiger charge is 2.26. The fourth-order valence-corrected chi connectivity index (χ4v) is 1.90. The molecule has 0 aromatic carbocycles. The minimum atomic E-state index is -0.113. The van der Waals surface area contributed by atoms with Crippen LogP contribution in [0.2, 0.25) is 0 Å². The van der Waals surface area contributed by atoms with Crippen LogP contribution in [0.4, 0.5) is 5.82 Å². The highest BCUT2D eigenvalue weighted by molar-refractivity contribution is 5.34. The SMILES string of the molecule is Cc1nccc(CNc2cc(=O)[nH]c(C3CC3)n2)n1. The van der Waals surface area contributed by atoms with Crippen molar-refractivity contribution in [2.75, 3.05) is 5.32 Å². The summed E-state index contributed by atoms with van der Waals surface area (Å²) >= 11 is 0. The second-order valence-corrected chi connectivity index (χ2v) is 4.74. The van der Waals surface area contributed by atoms with Gasteiger partial charge < -0.3 is 10.3 Å². The first-order valence-electron chi connectivity index (χ1n) is 6.34. The van der Waals surface area contributed by atoms with Gasteiger partial charge in [-0.15, -0.1) is 0 Å². The Labute approximate surface area is 110 Å². The molecule has 2 heterocycles. The van der Waals surface area contributed by atoms with Crippen LogP contribution in [0.25, 0.3) is 0 Å². The number of nitrogens with one attached hydrogen (secondary N) is 2. The van der Waals surface area contributed by atoms with Gasteiger partial charge in [-0.3, -0.25) is 4.79 Å². The van der Waals surface area contributed by atoms with Crippen molar-refractivity contribution in [3.63, 3.8) is 0 Å². The first-order chi connectivity index (χ1) is 9.20. The summed E-state index contributed by atoms with van der Waals surface area (Å²) in [6.45, 7) is 2.38. The lowest BCUT2D eigenvalue weighted by Gasteiger charge is -2.06. The summed E-state index contributed by atoms with van der Waals surface area (Å²) in [6.07, 6.45) is 3.94. The summed E-state index contributed by atoms with van der Waals surface area (Å²) in [5.41, 5.74) is 0.765. The van der Waals surface area contributed by atoms with E-state index in [4.69, 9.17) is 0 Å². The van der Waals surface area contributed by atoms with Crippen LogP contribution in [0.3, 0.4) is 0 Å². The molecule has 0 atom stereocenters. The first-order valence-corrected chi connectivity index (χ1v) is 6.34. The molecular weight excluding hydrogens is 242 g/mol. The van der Waals surface area contributed by atoms with E-state index >= 15 is 0 Å². The van der Waals surface area contributed by atoms with Gasteiger partial charge in [-0.2, -0.15) is 0 Å². The molecule has 0 spiro atoms. The van der Waals surface area contributed by atoms with Crippen LogP contribution in [0.5, 0.6) is 0 Å². The van der Waals surface area contributed by atoms with E-state index in [1.54, 1.807) is 6.20 Å². The first kappa shape index (κ1) is 11.8. The molecule has 0 saturated heterocycles. The quantitative estimate of drug-likeness (QED) is 0.864. The Morgan fingerprint density at radius 3 is 3.00 bits per heavy atom. The Morgan fingerprint density at radius 2 is 2.26 bits per heavy atom. The normalized spacial score (nSPS) is 14.4.